The number of halogens is 2. The monoisotopic (exact) mass is 684 g/mol. The number of hydrogen-bond donors (Lipinski definition) is 0. The average molecular weight is 687 g/mol. The van der Waals surface area contributed by atoms with E-state index in [1.165, 1.54) is 33.4 Å². The SMILES string of the molecule is Cl.Cl.[CH3][Zr]([CH3])(=[SiH2])([CH]1C(c2cc3ccccc3o2)=Cc2ccccc21)[CH]1C(c2cc3ccccc3o2)=Cc2ccccc21. The van der Waals surface area contributed by atoms with Crippen molar-refractivity contribution in [3.63, 3.8) is 0 Å². The predicted octanol–water partition coefficient (Wildman–Crippen LogP) is 10.2. The van der Waals surface area contributed by atoms with Crippen molar-refractivity contribution in [1.29, 1.82) is 0 Å². The van der Waals surface area contributed by atoms with Gasteiger partial charge in [0, 0.05) is 0 Å². The number of rotatable bonds is 4. The summed E-state index contributed by atoms with van der Waals surface area (Å²) in [5, 5.41) is 2.31. The van der Waals surface area contributed by atoms with Crippen LogP contribution < -0.4 is 0 Å². The van der Waals surface area contributed by atoms with Crippen LogP contribution in [-0.2, 0) is 17.4 Å². The molecule has 0 radical (unpaired) electrons. The van der Waals surface area contributed by atoms with Gasteiger partial charge in [0.05, 0.1) is 0 Å². The standard InChI is InChI=1S/2C17H11O.2CH3.2ClH.H2Si.Zr/c2*1-2-6-13-10-15(9-12(13)5-1)17-11-14-7-3-4-8-16(14)18-17;;;;;;/h2*1-11H;2*1H3;2*1H;1H2;. The second-order valence-corrected chi connectivity index (χ2v) is 43.0. The fourth-order valence-corrected chi connectivity index (χ4v) is 26.0. The van der Waals surface area contributed by atoms with Gasteiger partial charge in [0.2, 0.25) is 0 Å². The molecule has 0 saturated heterocycles. The molecule has 0 saturated carbocycles. The first-order valence-corrected chi connectivity index (χ1v) is 27.7. The Bertz CT molecular complexity index is 1920. The van der Waals surface area contributed by atoms with Crippen LogP contribution in [0.3, 0.4) is 0 Å². The number of furan rings is 2. The molecule has 210 valence electrons. The van der Waals surface area contributed by atoms with E-state index in [2.05, 4.69) is 137 Å². The first kappa shape index (κ1) is 29.2. The molecule has 2 aliphatic carbocycles. The van der Waals surface area contributed by atoms with Crippen molar-refractivity contribution in [2.24, 2.45) is 0 Å². The summed E-state index contributed by atoms with van der Waals surface area (Å²) in [6.07, 6.45) is 4.80. The van der Waals surface area contributed by atoms with Gasteiger partial charge in [-0.15, -0.1) is 24.8 Å². The Balaban J connectivity index is 0.00000158. The van der Waals surface area contributed by atoms with Crippen molar-refractivity contribution in [2.75, 3.05) is 0 Å². The summed E-state index contributed by atoms with van der Waals surface area (Å²) >= 11 is -3.89. The third-order valence-corrected chi connectivity index (χ3v) is 26.4. The van der Waals surface area contributed by atoms with E-state index in [0.29, 0.717) is 7.25 Å². The van der Waals surface area contributed by atoms with Crippen LogP contribution in [-0.4, -0.2) is 6.88 Å². The van der Waals surface area contributed by atoms with Gasteiger partial charge in [0.15, 0.2) is 0 Å². The van der Waals surface area contributed by atoms with Crippen LogP contribution in [0.4, 0.5) is 0 Å². The van der Waals surface area contributed by atoms with E-state index < -0.39 is 17.4 Å². The Hall–Kier alpha value is -2.88. The third-order valence-electron chi connectivity index (χ3n) is 9.17. The third kappa shape index (κ3) is 4.38. The maximum absolute atomic E-state index is 6.57. The molecule has 2 heterocycles. The molecule has 42 heavy (non-hydrogen) atoms. The number of allylic oxidation sites excluding steroid dienone is 2. The summed E-state index contributed by atoms with van der Waals surface area (Å²) in [6, 6.07) is 39.2. The van der Waals surface area contributed by atoms with Crippen LogP contribution in [0, 0.1) is 0 Å². The van der Waals surface area contributed by atoms with Gasteiger partial charge in [-0.1, -0.05) is 0 Å². The van der Waals surface area contributed by atoms with Gasteiger partial charge in [0.25, 0.3) is 0 Å². The van der Waals surface area contributed by atoms with Crippen LogP contribution in [0.15, 0.2) is 118 Å². The predicted molar refractivity (Wildman–Crippen MR) is 181 cm³/mol. The summed E-state index contributed by atoms with van der Waals surface area (Å²) in [4.78, 5) is 0. The summed E-state index contributed by atoms with van der Waals surface area (Å²) in [7, 11) is 0. The Morgan fingerprint density at radius 1 is 0.548 bits per heavy atom. The van der Waals surface area contributed by atoms with Crippen molar-refractivity contribution < 1.29 is 26.2 Å². The van der Waals surface area contributed by atoms with E-state index in [4.69, 9.17) is 8.83 Å². The Morgan fingerprint density at radius 3 is 1.36 bits per heavy atom. The molecule has 6 heteroatoms. The van der Waals surface area contributed by atoms with Gasteiger partial charge >= 0.3 is 238 Å². The van der Waals surface area contributed by atoms with Gasteiger partial charge in [-0.05, 0) is 0 Å². The van der Waals surface area contributed by atoms with Crippen molar-refractivity contribution in [2.45, 2.75) is 16.5 Å². The molecule has 0 bridgehead atoms. The minimum atomic E-state index is -3.89. The van der Waals surface area contributed by atoms with Crippen LogP contribution >= 0.6 is 24.8 Å². The van der Waals surface area contributed by atoms with Crippen LogP contribution in [0.25, 0.3) is 45.2 Å². The fraction of sp³-hybridized carbons (Fsp3) is 0.111. The molecule has 4 aromatic carbocycles. The number of para-hydroxylation sites is 2. The van der Waals surface area contributed by atoms with E-state index in [1.54, 1.807) is 0 Å². The Morgan fingerprint density at radius 2 is 0.929 bits per heavy atom. The van der Waals surface area contributed by atoms with Crippen LogP contribution in [0.5, 0.6) is 0 Å². The van der Waals surface area contributed by atoms with Gasteiger partial charge < -0.3 is 0 Å². The topological polar surface area (TPSA) is 26.3 Å². The number of fused-ring (bicyclic) bond motifs is 4. The molecule has 2 aromatic heterocycles. The van der Waals surface area contributed by atoms with Crippen LogP contribution in [0.2, 0.25) is 9.26 Å². The quantitative estimate of drug-likeness (QED) is 0.173. The molecule has 2 atom stereocenters. The Labute approximate surface area is 260 Å². The van der Waals surface area contributed by atoms with E-state index in [-0.39, 0.29) is 24.8 Å². The number of hydrogen-bond acceptors (Lipinski definition) is 2. The molecule has 2 unspecified atom stereocenters. The second-order valence-electron chi connectivity index (χ2n) is 12.6. The molecule has 6 aromatic rings. The second kappa shape index (κ2) is 10.4. The van der Waals surface area contributed by atoms with Gasteiger partial charge in [-0.3, -0.25) is 0 Å². The molecule has 0 fully saturated rings. The van der Waals surface area contributed by atoms with E-state index >= 15 is 0 Å². The zero-order valence-corrected chi connectivity index (χ0v) is 29.0. The molecule has 0 amide bonds. The molecule has 8 rings (SSSR count). The first-order valence-electron chi connectivity index (χ1n) is 14.0. The van der Waals surface area contributed by atoms with Gasteiger partial charge in [0.1, 0.15) is 0 Å². The van der Waals surface area contributed by atoms with E-state index in [9.17, 15) is 0 Å². The average Bonchev–Trinajstić information content (AvgIpc) is 3.73. The summed E-state index contributed by atoms with van der Waals surface area (Å²) in [5.74, 6) is 2.00. The molecule has 0 N–H and O–H groups in total. The van der Waals surface area contributed by atoms with Gasteiger partial charge in [-0.25, -0.2) is 0 Å². The fourth-order valence-electron chi connectivity index (χ4n) is 7.53. The molecule has 0 aliphatic heterocycles. The zero-order valence-electron chi connectivity index (χ0n) is 23.5. The molecular formula is C36H32Cl2O2SiZr. The van der Waals surface area contributed by atoms with Crippen molar-refractivity contribution in [3.05, 3.63) is 143 Å². The van der Waals surface area contributed by atoms with Gasteiger partial charge in [-0.2, -0.15) is 0 Å². The van der Waals surface area contributed by atoms with E-state index in [1.807, 2.05) is 0 Å². The van der Waals surface area contributed by atoms with E-state index in [0.717, 1.165) is 33.5 Å². The zero-order chi connectivity index (χ0) is 27.1. The summed E-state index contributed by atoms with van der Waals surface area (Å²) < 4.78 is 19.1. The first-order chi connectivity index (χ1) is 19.4. The minimum absolute atomic E-state index is 0. The maximum atomic E-state index is 6.57. The molecule has 2 nitrogen and oxygen atoms in total. The van der Waals surface area contributed by atoms with Crippen LogP contribution in [0.1, 0.15) is 41.0 Å². The van der Waals surface area contributed by atoms with Crippen molar-refractivity contribution >= 4 is 76.9 Å². The molecular weight excluding hydrogens is 655 g/mol. The normalized spacial score (nSPS) is 17.7. The Kier molecular flexibility index (Phi) is 7.22. The summed E-state index contributed by atoms with van der Waals surface area (Å²) in [5.41, 5.74) is 10.1. The summed E-state index contributed by atoms with van der Waals surface area (Å²) in [6.45, 7) is 2.34. The number of benzene rings is 4. The molecule has 2 aliphatic rings. The van der Waals surface area contributed by atoms with Crippen molar-refractivity contribution in [1.82, 2.24) is 0 Å². The van der Waals surface area contributed by atoms with Crippen molar-refractivity contribution in [3.8, 4) is 0 Å². The molecule has 0 spiro atoms.